The third kappa shape index (κ3) is 5.83. The fraction of sp³-hybridized carbons (Fsp3) is 0.571. The lowest BCUT2D eigenvalue weighted by Crippen LogP contribution is -2.19. The summed E-state index contributed by atoms with van der Waals surface area (Å²) in [5.41, 5.74) is 1.26. The lowest BCUT2D eigenvalue weighted by atomic mass is 9.96. The van der Waals surface area contributed by atoms with Crippen LogP contribution in [0.2, 0.25) is 5.02 Å². The van der Waals surface area contributed by atoms with E-state index in [-0.39, 0.29) is 0 Å². The topological polar surface area (TPSA) is 30.5 Å². The summed E-state index contributed by atoms with van der Waals surface area (Å²) in [5, 5.41) is 4.00. The van der Waals surface area contributed by atoms with Crippen molar-refractivity contribution in [3.63, 3.8) is 0 Å². The van der Waals surface area contributed by atoms with Crippen molar-refractivity contribution in [2.45, 2.75) is 12.3 Å². The molecule has 0 spiro atoms. The highest BCUT2D eigenvalue weighted by Gasteiger charge is 2.10. The normalized spacial score (nSPS) is 12.6. The zero-order valence-corrected chi connectivity index (χ0v) is 11.9. The number of hydrogen-bond donors (Lipinski definition) is 1. The molecule has 1 atom stereocenters. The van der Waals surface area contributed by atoms with E-state index in [1.165, 1.54) is 5.56 Å². The van der Waals surface area contributed by atoms with Crippen molar-refractivity contribution in [1.29, 1.82) is 0 Å². The van der Waals surface area contributed by atoms with Crippen LogP contribution in [0.5, 0.6) is 0 Å². The van der Waals surface area contributed by atoms with Gasteiger partial charge in [0, 0.05) is 25.3 Å². The van der Waals surface area contributed by atoms with Crippen LogP contribution < -0.4 is 5.32 Å². The van der Waals surface area contributed by atoms with Gasteiger partial charge < -0.3 is 14.8 Å². The molecule has 0 radical (unpaired) electrons. The summed E-state index contributed by atoms with van der Waals surface area (Å²) in [6, 6.07) is 8.03. The Balaban J connectivity index is 2.44. The lowest BCUT2D eigenvalue weighted by Gasteiger charge is -2.17. The van der Waals surface area contributed by atoms with Crippen LogP contribution in [0.25, 0.3) is 0 Å². The zero-order chi connectivity index (χ0) is 13.2. The first-order chi connectivity index (χ1) is 8.77. The van der Waals surface area contributed by atoms with E-state index >= 15 is 0 Å². The molecule has 3 nitrogen and oxygen atoms in total. The summed E-state index contributed by atoms with van der Waals surface area (Å²) < 4.78 is 10.5. The van der Waals surface area contributed by atoms with Gasteiger partial charge in [0.1, 0.15) is 0 Å². The first kappa shape index (κ1) is 15.4. The molecule has 0 aliphatic heterocycles. The number of ether oxygens (including phenoxy) is 2. The molecule has 0 saturated carbocycles. The summed E-state index contributed by atoms with van der Waals surface area (Å²) in [7, 11) is 3.64. The Bertz CT molecular complexity index is 333. The van der Waals surface area contributed by atoms with Crippen LogP contribution >= 0.6 is 11.6 Å². The van der Waals surface area contributed by atoms with E-state index in [9.17, 15) is 0 Å². The van der Waals surface area contributed by atoms with Crippen LogP contribution in [0, 0.1) is 0 Å². The van der Waals surface area contributed by atoms with Crippen LogP contribution in [0.1, 0.15) is 17.9 Å². The SMILES string of the molecule is CNCC(CCOCCOC)c1cccc(Cl)c1. The van der Waals surface area contributed by atoms with Crippen LogP contribution in [0.3, 0.4) is 0 Å². The van der Waals surface area contributed by atoms with E-state index < -0.39 is 0 Å². The fourth-order valence-electron chi connectivity index (χ4n) is 1.86. The predicted octanol–water partition coefficient (Wildman–Crippen LogP) is 2.70. The maximum atomic E-state index is 6.02. The number of methoxy groups -OCH3 is 1. The zero-order valence-electron chi connectivity index (χ0n) is 11.1. The Morgan fingerprint density at radius 3 is 2.78 bits per heavy atom. The van der Waals surface area contributed by atoms with E-state index in [2.05, 4.69) is 11.4 Å². The van der Waals surface area contributed by atoms with Gasteiger partial charge in [0.25, 0.3) is 0 Å². The molecule has 0 aromatic heterocycles. The molecule has 0 saturated heterocycles. The maximum absolute atomic E-state index is 6.02. The van der Waals surface area contributed by atoms with Gasteiger partial charge in [0.2, 0.25) is 0 Å². The van der Waals surface area contributed by atoms with Crippen LogP contribution in [-0.2, 0) is 9.47 Å². The van der Waals surface area contributed by atoms with Gasteiger partial charge in [-0.1, -0.05) is 23.7 Å². The Hall–Kier alpha value is -0.610. The molecule has 0 fully saturated rings. The van der Waals surface area contributed by atoms with Crippen molar-refractivity contribution in [3.05, 3.63) is 34.9 Å². The van der Waals surface area contributed by atoms with Gasteiger partial charge in [-0.2, -0.15) is 0 Å². The third-order valence-corrected chi connectivity index (χ3v) is 3.05. The van der Waals surface area contributed by atoms with E-state index in [1.54, 1.807) is 7.11 Å². The molecule has 0 bridgehead atoms. The summed E-state index contributed by atoms with van der Waals surface area (Å²) in [4.78, 5) is 0. The maximum Gasteiger partial charge on any atom is 0.0700 e. The molecule has 4 heteroatoms. The minimum Gasteiger partial charge on any atom is -0.382 e. The molecule has 0 amide bonds. The number of rotatable bonds is 9. The highest BCUT2D eigenvalue weighted by Crippen LogP contribution is 2.22. The molecular formula is C14H22ClNO2. The number of likely N-dealkylation sites (N-methyl/N-ethyl adjacent to an activating group) is 1. The van der Waals surface area contributed by atoms with Crippen molar-refractivity contribution >= 4 is 11.6 Å². The molecule has 102 valence electrons. The van der Waals surface area contributed by atoms with Crippen LogP contribution in [-0.4, -0.2) is 40.5 Å². The van der Waals surface area contributed by atoms with Crippen molar-refractivity contribution < 1.29 is 9.47 Å². The minimum absolute atomic E-state index is 0.427. The monoisotopic (exact) mass is 271 g/mol. The van der Waals surface area contributed by atoms with Crippen LogP contribution in [0.4, 0.5) is 0 Å². The van der Waals surface area contributed by atoms with Gasteiger partial charge in [0.15, 0.2) is 0 Å². The first-order valence-electron chi connectivity index (χ1n) is 6.24. The summed E-state index contributed by atoms with van der Waals surface area (Å²) in [5.74, 6) is 0.427. The molecule has 1 N–H and O–H groups in total. The molecule has 0 heterocycles. The van der Waals surface area contributed by atoms with Crippen molar-refractivity contribution in [2.75, 3.05) is 40.5 Å². The highest BCUT2D eigenvalue weighted by molar-refractivity contribution is 6.30. The Kier molecular flexibility index (Phi) is 8.01. The van der Waals surface area contributed by atoms with E-state index in [0.717, 1.165) is 24.6 Å². The number of hydrogen-bond acceptors (Lipinski definition) is 3. The van der Waals surface area contributed by atoms with E-state index in [1.807, 2.05) is 25.2 Å². The summed E-state index contributed by atoms with van der Waals surface area (Å²) in [6.45, 7) is 2.96. The van der Waals surface area contributed by atoms with Gasteiger partial charge in [-0.15, -0.1) is 0 Å². The largest absolute Gasteiger partial charge is 0.382 e. The van der Waals surface area contributed by atoms with Gasteiger partial charge in [0.05, 0.1) is 13.2 Å². The molecular weight excluding hydrogens is 250 g/mol. The average Bonchev–Trinajstić information content (AvgIpc) is 2.37. The van der Waals surface area contributed by atoms with Gasteiger partial charge in [-0.3, -0.25) is 0 Å². The van der Waals surface area contributed by atoms with Gasteiger partial charge in [-0.25, -0.2) is 0 Å². The second-order valence-corrected chi connectivity index (χ2v) is 4.64. The molecule has 1 aromatic rings. The highest BCUT2D eigenvalue weighted by atomic mass is 35.5. The Labute approximate surface area is 114 Å². The van der Waals surface area contributed by atoms with Crippen molar-refractivity contribution in [1.82, 2.24) is 5.32 Å². The van der Waals surface area contributed by atoms with Crippen molar-refractivity contribution in [3.8, 4) is 0 Å². The lowest BCUT2D eigenvalue weighted by molar-refractivity contribution is 0.0670. The van der Waals surface area contributed by atoms with E-state index in [4.69, 9.17) is 21.1 Å². The smallest absolute Gasteiger partial charge is 0.0700 e. The molecule has 0 aliphatic carbocycles. The molecule has 18 heavy (non-hydrogen) atoms. The quantitative estimate of drug-likeness (QED) is 0.701. The standard InChI is InChI=1S/C14H22ClNO2/c1-16-11-13(6-7-18-9-8-17-2)12-4-3-5-14(15)10-12/h3-5,10,13,16H,6-9,11H2,1-2H3. The molecule has 1 rings (SSSR count). The first-order valence-corrected chi connectivity index (χ1v) is 6.62. The molecule has 1 unspecified atom stereocenters. The van der Waals surface area contributed by atoms with Gasteiger partial charge in [-0.05, 0) is 37.1 Å². The average molecular weight is 272 g/mol. The van der Waals surface area contributed by atoms with Gasteiger partial charge >= 0.3 is 0 Å². The predicted molar refractivity (Wildman–Crippen MR) is 75.4 cm³/mol. The van der Waals surface area contributed by atoms with Crippen molar-refractivity contribution in [2.24, 2.45) is 0 Å². The fourth-order valence-corrected chi connectivity index (χ4v) is 2.06. The minimum atomic E-state index is 0.427. The van der Waals surface area contributed by atoms with E-state index in [0.29, 0.717) is 19.1 Å². The number of benzene rings is 1. The summed E-state index contributed by atoms with van der Waals surface area (Å²) >= 11 is 6.02. The number of nitrogens with one attached hydrogen (secondary N) is 1. The number of halogens is 1. The van der Waals surface area contributed by atoms with Crippen LogP contribution in [0.15, 0.2) is 24.3 Å². The summed E-state index contributed by atoms with van der Waals surface area (Å²) in [6.07, 6.45) is 0.977. The third-order valence-electron chi connectivity index (χ3n) is 2.81. The molecule has 1 aromatic carbocycles. The Morgan fingerprint density at radius 2 is 2.11 bits per heavy atom. The second kappa shape index (κ2) is 9.34. The molecule has 0 aliphatic rings. The Morgan fingerprint density at radius 1 is 1.28 bits per heavy atom. The second-order valence-electron chi connectivity index (χ2n) is 4.20.